The van der Waals surface area contributed by atoms with Crippen molar-refractivity contribution in [3.05, 3.63) is 42.1 Å². The minimum absolute atomic E-state index is 0.0941. The van der Waals surface area contributed by atoms with Gasteiger partial charge in [0.2, 0.25) is 5.91 Å². The van der Waals surface area contributed by atoms with Gasteiger partial charge in [0.15, 0.2) is 0 Å². The number of anilines is 1. The Balaban J connectivity index is 1.43. The third-order valence-corrected chi connectivity index (χ3v) is 5.30. The molecule has 2 aromatic rings. The Labute approximate surface area is 142 Å². The number of hydrogen-bond acceptors (Lipinski definition) is 3. The number of fused-ring (bicyclic) bond motifs is 2. The summed E-state index contributed by atoms with van der Waals surface area (Å²) in [4.78, 5) is 12.5. The fraction of sp³-hybridized carbons (Fsp3) is 0.474. The van der Waals surface area contributed by atoms with Crippen molar-refractivity contribution in [3.63, 3.8) is 0 Å². The molecule has 5 nitrogen and oxygen atoms in total. The molecule has 3 heterocycles. The van der Waals surface area contributed by atoms with Gasteiger partial charge in [-0.1, -0.05) is 18.2 Å². The van der Waals surface area contributed by atoms with E-state index in [1.165, 1.54) is 12.8 Å². The van der Waals surface area contributed by atoms with Crippen molar-refractivity contribution in [2.75, 3.05) is 5.32 Å². The molecular formula is C19H24N4O. The van der Waals surface area contributed by atoms with Crippen LogP contribution in [-0.2, 0) is 4.79 Å². The molecule has 24 heavy (non-hydrogen) atoms. The fourth-order valence-electron chi connectivity index (χ4n) is 4.19. The standard InChI is InChI=1S/C19H24N4O/c1-13-4-2-3-5-17(13)23-18(8-9-20-23)22-19(24)12-14-10-15-6-7-16(11-14)21-15/h2-5,8-9,14-16,21H,6-7,10-12H2,1H3,(H,22,24). The van der Waals surface area contributed by atoms with Gasteiger partial charge in [-0.05, 0) is 50.2 Å². The van der Waals surface area contributed by atoms with Crippen LogP contribution in [0.5, 0.6) is 0 Å². The molecule has 5 heteroatoms. The summed E-state index contributed by atoms with van der Waals surface area (Å²) in [5.41, 5.74) is 2.13. The first kappa shape index (κ1) is 15.4. The molecule has 1 aromatic heterocycles. The van der Waals surface area contributed by atoms with Crippen LogP contribution < -0.4 is 10.6 Å². The maximum Gasteiger partial charge on any atom is 0.225 e. The number of benzene rings is 1. The third kappa shape index (κ3) is 3.08. The lowest BCUT2D eigenvalue weighted by Gasteiger charge is -2.28. The van der Waals surface area contributed by atoms with Crippen LogP contribution in [0.1, 0.15) is 37.7 Å². The molecule has 126 valence electrons. The number of amides is 1. The number of aryl methyl sites for hydroxylation is 1. The van der Waals surface area contributed by atoms with E-state index in [1.807, 2.05) is 37.3 Å². The number of para-hydroxylation sites is 1. The lowest BCUT2D eigenvalue weighted by molar-refractivity contribution is -0.117. The third-order valence-electron chi connectivity index (χ3n) is 5.30. The van der Waals surface area contributed by atoms with E-state index in [2.05, 4.69) is 15.7 Å². The van der Waals surface area contributed by atoms with E-state index in [-0.39, 0.29) is 5.91 Å². The van der Waals surface area contributed by atoms with Crippen molar-refractivity contribution in [3.8, 4) is 5.69 Å². The molecule has 2 aliphatic heterocycles. The highest BCUT2D eigenvalue weighted by atomic mass is 16.1. The van der Waals surface area contributed by atoms with Crippen LogP contribution in [0.25, 0.3) is 5.69 Å². The van der Waals surface area contributed by atoms with Gasteiger partial charge in [0.25, 0.3) is 0 Å². The Morgan fingerprint density at radius 1 is 1.25 bits per heavy atom. The largest absolute Gasteiger partial charge is 0.311 e. The Bertz CT molecular complexity index is 726. The molecule has 2 aliphatic rings. The predicted octanol–water partition coefficient (Wildman–Crippen LogP) is 3.04. The molecule has 2 N–H and O–H groups in total. The van der Waals surface area contributed by atoms with Crippen molar-refractivity contribution < 1.29 is 4.79 Å². The number of hydrogen-bond donors (Lipinski definition) is 2. The second-order valence-corrected chi connectivity index (χ2v) is 7.14. The summed E-state index contributed by atoms with van der Waals surface area (Å²) in [5, 5.41) is 11.1. The van der Waals surface area contributed by atoms with Crippen molar-refractivity contribution in [1.29, 1.82) is 0 Å². The van der Waals surface area contributed by atoms with Crippen LogP contribution >= 0.6 is 0 Å². The molecule has 1 aromatic carbocycles. The Morgan fingerprint density at radius 2 is 2.00 bits per heavy atom. The zero-order chi connectivity index (χ0) is 16.5. The summed E-state index contributed by atoms with van der Waals surface area (Å²) in [6.45, 7) is 2.05. The molecule has 4 rings (SSSR count). The number of nitrogens with zero attached hydrogens (tertiary/aromatic N) is 2. The molecule has 2 bridgehead atoms. The van der Waals surface area contributed by atoms with Crippen molar-refractivity contribution in [1.82, 2.24) is 15.1 Å². The van der Waals surface area contributed by atoms with Crippen LogP contribution in [0.15, 0.2) is 36.5 Å². The molecule has 2 atom stereocenters. The molecular weight excluding hydrogens is 300 g/mol. The SMILES string of the molecule is Cc1ccccc1-n1nccc1NC(=O)CC1CC2CCC(C1)N2. The Kier molecular flexibility index (Phi) is 4.10. The first-order chi connectivity index (χ1) is 11.7. The summed E-state index contributed by atoms with van der Waals surface area (Å²) in [5.74, 6) is 1.33. The van der Waals surface area contributed by atoms with E-state index < -0.39 is 0 Å². The van der Waals surface area contributed by atoms with E-state index >= 15 is 0 Å². The van der Waals surface area contributed by atoms with Crippen LogP contribution in [0.3, 0.4) is 0 Å². The predicted molar refractivity (Wildman–Crippen MR) is 94.2 cm³/mol. The van der Waals surface area contributed by atoms with Gasteiger partial charge in [-0.25, -0.2) is 4.68 Å². The highest BCUT2D eigenvalue weighted by Gasteiger charge is 2.34. The molecule has 2 fully saturated rings. The molecule has 2 unspecified atom stereocenters. The van der Waals surface area contributed by atoms with Gasteiger partial charge in [-0.2, -0.15) is 5.10 Å². The first-order valence-corrected chi connectivity index (χ1v) is 8.85. The first-order valence-electron chi connectivity index (χ1n) is 8.85. The van der Waals surface area contributed by atoms with Crippen LogP contribution in [0, 0.1) is 12.8 Å². The molecule has 2 saturated heterocycles. The summed E-state index contributed by atoms with van der Waals surface area (Å²) in [7, 11) is 0. The zero-order valence-electron chi connectivity index (χ0n) is 14.0. The van der Waals surface area contributed by atoms with Gasteiger partial charge in [0.05, 0.1) is 11.9 Å². The Morgan fingerprint density at radius 3 is 2.75 bits per heavy atom. The smallest absolute Gasteiger partial charge is 0.225 e. The quantitative estimate of drug-likeness (QED) is 0.909. The van der Waals surface area contributed by atoms with Crippen molar-refractivity contribution in [2.24, 2.45) is 5.92 Å². The Hall–Kier alpha value is -2.14. The van der Waals surface area contributed by atoms with Crippen LogP contribution in [-0.4, -0.2) is 27.8 Å². The second kappa shape index (κ2) is 6.40. The van der Waals surface area contributed by atoms with E-state index in [9.17, 15) is 4.79 Å². The second-order valence-electron chi connectivity index (χ2n) is 7.14. The van der Waals surface area contributed by atoms with Crippen LogP contribution in [0.4, 0.5) is 5.82 Å². The average molecular weight is 324 g/mol. The van der Waals surface area contributed by atoms with Crippen LogP contribution in [0.2, 0.25) is 0 Å². The number of carbonyl (C=O) groups is 1. The molecule has 0 spiro atoms. The average Bonchev–Trinajstić information content (AvgIpc) is 3.14. The molecule has 0 radical (unpaired) electrons. The molecule has 0 aliphatic carbocycles. The minimum Gasteiger partial charge on any atom is -0.311 e. The number of carbonyl (C=O) groups excluding carboxylic acids is 1. The summed E-state index contributed by atoms with van der Waals surface area (Å²) >= 11 is 0. The lowest BCUT2D eigenvalue weighted by atomic mass is 9.89. The number of rotatable bonds is 4. The summed E-state index contributed by atoms with van der Waals surface area (Å²) in [6.07, 6.45) is 7.12. The number of aromatic nitrogens is 2. The summed E-state index contributed by atoms with van der Waals surface area (Å²) < 4.78 is 1.80. The number of piperidine rings is 1. The van der Waals surface area contributed by atoms with Crippen molar-refractivity contribution >= 4 is 11.7 Å². The van der Waals surface area contributed by atoms with Gasteiger partial charge in [0, 0.05) is 24.6 Å². The van der Waals surface area contributed by atoms with Gasteiger partial charge >= 0.3 is 0 Å². The van der Waals surface area contributed by atoms with E-state index in [0.717, 1.165) is 29.9 Å². The monoisotopic (exact) mass is 324 g/mol. The van der Waals surface area contributed by atoms with Gasteiger partial charge in [-0.3, -0.25) is 4.79 Å². The lowest BCUT2D eigenvalue weighted by Crippen LogP contribution is -2.39. The number of nitrogens with one attached hydrogen (secondary N) is 2. The van der Waals surface area contributed by atoms with Crippen molar-refractivity contribution in [2.45, 2.75) is 51.1 Å². The minimum atomic E-state index is 0.0941. The molecule has 0 saturated carbocycles. The highest BCUT2D eigenvalue weighted by Crippen LogP contribution is 2.32. The van der Waals surface area contributed by atoms with E-state index in [4.69, 9.17) is 0 Å². The van der Waals surface area contributed by atoms with Gasteiger partial charge in [0.1, 0.15) is 5.82 Å². The maximum atomic E-state index is 12.5. The van der Waals surface area contributed by atoms with E-state index in [0.29, 0.717) is 24.4 Å². The van der Waals surface area contributed by atoms with Gasteiger partial charge < -0.3 is 10.6 Å². The summed E-state index contributed by atoms with van der Waals surface area (Å²) in [6, 6.07) is 11.2. The normalized spacial score (nSPS) is 25.6. The maximum absolute atomic E-state index is 12.5. The van der Waals surface area contributed by atoms with Gasteiger partial charge in [-0.15, -0.1) is 0 Å². The zero-order valence-corrected chi connectivity index (χ0v) is 14.0. The van der Waals surface area contributed by atoms with E-state index in [1.54, 1.807) is 10.9 Å². The topological polar surface area (TPSA) is 59.0 Å². The highest BCUT2D eigenvalue weighted by molar-refractivity contribution is 5.90. The molecule has 1 amide bonds. The fourth-order valence-corrected chi connectivity index (χ4v) is 4.19.